The van der Waals surface area contributed by atoms with Gasteiger partial charge >= 0.3 is 0 Å². The monoisotopic (exact) mass is 405 g/mol. The van der Waals surface area contributed by atoms with Crippen LogP contribution in [0.2, 0.25) is 0 Å². The summed E-state index contributed by atoms with van der Waals surface area (Å²) in [5.41, 5.74) is 0.944. The predicted octanol–water partition coefficient (Wildman–Crippen LogP) is 3.63. The van der Waals surface area contributed by atoms with Gasteiger partial charge in [0.2, 0.25) is 5.91 Å². The highest BCUT2D eigenvalue weighted by atomic mass is 16.3. The van der Waals surface area contributed by atoms with E-state index in [-0.39, 0.29) is 17.9 Å². The van der Waals surface area contributed by atoms with Crippen molar-refractivity contribution in [1.82, 2.24) is 9.80 Å². The Morgan fingerprint density at radius 2 is 1.73 bits per heavy atom. The first-order chi connectivity index (χ1) is 14.6. The second-order valence-corrected chi connectivity index (χ2v) is 7.56. The maximum atomic E-state index is 13.4. The molecule has 0 spiro atoms. The van der Waals surface area contributed by atoms with Crippen molar-refractivity contribution < 1.29 is 14.0 Å². The van der Waals surface area contributed by atoms with Gasteiger partial charge in [-0.2, -0.15) is 0 Å². The molecule has 2 amide bonds. The van der Waals surface area contributed by atoms with Crippen molar-refractivity contribution in [1.29, 1.82) is 0 Å². The van der Waals surface area contributed by atoms with Gasteiger partial charge in [0, 0.05) is 38.1 Å². The summed E-state index contributed by atoms with van der Waals surface area (Å²) in [6.07, 6.45) is 1.51. The Balaban J connectivity index is 1.46. The molecule has 0 bridgehead atoms. The normalized spacial score (nSPS) is 15.9. The van der Waals surface area contributed by atoms with Crippen molar-refractivity contribution >= 4 is 28.3 Å². The highest BCUT2D eigenvalue weighted by Crippen LogP contribution is 2.27. The number of furan rings is 1. The van der Waals surface area contributed by atoms with Crippen LogP contribution in [0.1, 0.15) is 24.4 Å². The molecule has 0 aliphatic carbocycles. The second kappa shape index (κ2) is 8.71. The topological polar surface area (TPSA) is 57.0 Å². The van der Waals surface area contributed by atoms with Crippen LogP contribution in [0.4, 0.5) is 5.69 Å². The molecule has 6 nitrogen and oxygen atoms in total. The van der Waals surface area contributed by atoms with Crippen molar-refractivity contribution in [3.05, 3.63) is 66.6 Å². The number of nitrogens with zero attached hydrogens (tertiary/aromatic N) is 3. The standard InChI is InChI=1S/C24H27N3O3/c1-3-27(21-11-6-9-19-8-4-5-10-20(19)21)23(28)18(2)25-13-15-26(16-14-25)24(29)22-12-7-17-30-22/h4-12,17-18H,3,13-16H2,1-2H3/t18-/m0/s1. The summed E-state index contributed by atoms with van der Waals surface area (Å²) in [6.45, 7) is 7.05. The number of rotatable bonds is 5. The van der Waals surface area contributed by atoms with Crippen molar-refractivity contribution in [2.45, 2.75) is 19.9 Å². The van der Waals surface area contributed by atoms with Crippen LogP contribution in [0.25, 0.3) is 10.8 Å². The van der Waals surface area contributed by atoms with Crippen LogP contribution in [0.3, 0.4) is 0 Å². The van der Waals surface area contributed by atoms with Crippen LogP contribution >= 0.6 is 0 Å². The number of amides is 2. The minimum atomic E-state index is -0.259. The molecule has 0 saturated carbocycles. The smallest absolute Gasteiger partial charge is 0.289 e. The summed E-state index contributed by atoms with van der Waals surface area (Å²) in [5, 5.41) is 2.20. The maximum absolute atomic E-state index is 13.4. The fraction of sp³-hybridized carbons (Fsp3) is 0.333. The number of hydrogen-bond donors (Lipinski definition) is 0. The molecule has 1 fully saturated rings. The lowest BCUT2D eigenvalue weighted by Gasteiger charge is -2.38. The number of benzene rings is 2. The van der Waals surface area contributed by atoms with Crippen LogP contribution in [-0.4, -0.2) is 60.4 Å². The van der Waals surface area contributed by atoms with Crippen LogP contribution in [0.15, 0.2) is 65.3 Å². The van der Waals surface area contributed by atoms with Gasteiger partial charge in [0.25, 0.3) is 5.91 Å². The Hall–Kier alpha value is -3.12. The molecule has 2 aromatic carbocycles. The van der Waals surface area contributed by atoms with E-state index >= 15 is 0 Å². The van der Waals surface area contributed by atoms with Gasteiger partial charge in [-0.25, -0.2) is 0 Å². The van der Waals surface area contributed by atoms with E-state index in [9.17, 15) is 9.59 Å². The third-order valence-corrected chi connectivity index (χ3v) is 5.88. The predicted molar refractivity (Wildman–Crippen MR) is 118 cm³/mol. The number of piperazine rings is 1. The molecule has 1 saturated heterocycles. The number of hydrogen-bond acceptors (Lipinski definition) is 4. The lowest BCUT2D eigenvalue weighted by molar-refractivity contribution is -0.123. The number of anilines is 1. The number of fused-ring (bicyclic) bond motifs is 1. The van der Waals surface area contributed by atoms with E-state index in [2.05, 4.69) is 23.1 Å². The Labute approximate surface area is 176 Å². The summed E-state index contributed by atoms with van der Waals surface area (Å²) in [6, 6.07) is 17.4. The van der Waals surface area contributed by atoms with E-state index in [1.807, 2.05) is 43.0 Å². The van der Waals surface area contributed by atoms with E-state index in [0.717, 1.165) is 16.5 Å². The van der Waals surface area contributed by atoms with Gasteiger partial charge in [-0.3, -0.25) is 14.5 Å². The molecule has 1 aliphatic heterocycles. The SMILES string of the molecule is CCN(C(=O)[C@H](C)N1CCN(C(=O)c2ccco2)CC1)c1cccc2ccccc12. The zero-order valence-electron chi connectivity index (χ0n) is 17.5. The Bertz CT molecular complexity index is 1020. The highest BCUT2D eigenvalue weighted by molar-refractivity contribution is 6.05. The van der Waals surface area contributed by atoms with Gasteiger partial charge in [-0.15, -0.1) is 0 Å². The van der Waals surface area contributed by atoms with Crippen LogP contribution in [-0.2, 0) is 4.79 Å². The van der Waals surface area contributed by atoms with E-state index in [0.29, 0.717) is 38.5 Å². The van der Waals surface area contributed by atoms with Crippen LogP contribution in [0.5, 0.6) is 0 Å². The largest absolute Gasteiger partial charge is 0.459 e. The second-order valence-electron chi connectivity index (χ2n) is 7.56. The fourth-order valence-corrected chi connectivity index (χ4v) is 4.14. The summed E-state index contributed by atoms with van der Waals surface area (Å²) in [4.78, 5) is 31.7. The molecule has 1 aromatic heterocycles. The van der Waals surface area contributed by atoms with Gasteiger partial charge < -0.3 is 14.2 Å². The minimum absolute atomic E-state index is 0.0830. The summed E-state index contributed by atoms with van der Waals surface area (Å²) in [7, 11) is 0. The fourth-order valence-electron chi connectivity index (χ4n) is 4.14. The molecule has 156 valence electrons. The zero-order chi connectivity index (χ0) is 21.1. The minimum Gasteiger partial charge on any atom is -0.459 e. The first kappa shape index (κ1) is 20.2. The third kappa shape index (κ3) is 3.83. The Morgan fingerprint density at radius 3 is 2.43 bits per heavy atom. The summed E-state index contributed by atoms with van der Waals surface area (Å²) < 4.78 is 5.23. The van der Waals surface area contributed by atoms with E-state index in [4.69, 9.17) is 4.42 Å². The van der Waals surface area contributed by atoms with Gasteiger partial charge in [0.1, 0.15) is 0 Å². The van der Waals surface area contributed by atoms with Crippen molar-refractivity contribution in [3.8, 4) is 0 Å². The first-order valence-corrected chi connectivity index (χ1v) is 10.5. The van der Waals surface area contributed by atoms with E-state index < -0.39 is 0 Å². The average molecular weight is 405 g/mol. The van der Waals surface area contributed by atoms with Crippen LogP contribution < -0.4 is 4.90 Å². The number of carbonyl (C=O) groups is 2. The quantitative estimate of drug-likeness (QED) is 0.650. The molecular weight excluding hydrogens is 378 g/mol. The van der Waals surface area contributed by atoms with Crippen molar-refractivity contribution in [2.75, 3.05) is 37.6 Å². The molecule has 0 N–H and O–H groups in total. The van der Waals surface area contributed by atoms with E-state index in [1.165, 1.54) is 6.26 Å². The van der Waals surface area contributed by atoms with Crippen LogP contribution in [0, 0.1) is 0 Å². The molecule has 0 unspecified atom stereocenters. The molecule has 2 heterocycles. The molecular formula is C24H27N3O3. The molecule has 1 aliphatic rings. The lowest BCUT2D eigenvalue weighted by atomic mass is 10.1. The van der Waals surface area contributed by atoms with Gasteiger partial charge in [0.05, 0.1) is 18.0 Å². The van der Waals surface area contributed by atoms with E-state index in [1.54, 1.807) is 17.0 Å². The third-order valence-electron chi connectivity index (χ3n) is 5.88. The molecule has 1 atom stereocenters. The maximum Gasteiger partial charge on any atom is 0.289 e. The number of carbonyl (C=O) groups excluding carboxylic acids is 2. The van der Waals surface area contributed by atoms with Gasteiger partial charge in [-0.05, 0) is 37.4 Å². The molecule has 0 radical (unpaired) electrons. The zero-order valence-corrected chi connectivity index (χ0v) is 17.5. The Kier molecular flexibility index (Phi) is 5.86. The lowest BCUT2D eigenvalue weighted by Crippen LogP contribution is -2.55. The van der Waals surface area contributed by atoms with Gasteiger partial charge in [0.15, 0.2) is 5.76 Å². The molecule has 3 aromatic rings. The Morgan fingerprint density at radius 1 is 1.00 bits per heavy atom. The molecule has 30 heavy (non-hydrogen) atoms. The highest BCUT2D eigenvalue weighted by Gasteiger charge is 2.31. The van der Waals surface area contributed by atoms with Crippen molar-refractivity contribution in [2.24, 2.45) is 0 Å². The molecule has 4 rings (SSSR count). The van der Waals surface area contributed by atoms with Gasteiger partial charge in [-0.1, -0.05) is 36.4 Å². The number of likely N-dealkylation sites (N-methyl/N-ethyl adjacent to an activating group) is 1. The summed E-state index contributed by atoms with van der Waals surface area (Å²) in [5.74, 6) is 0.352. The van der Waals surface area contributed by atoms with Crippen molar-refractivity contribution in [3.63, 3.8) is 0 Å². The molecule has 6 heteroatoms. The summed E-state index contributed by atoms with van der Waals surface area (Å²) >= 11 is 0. The average Bonchev–Trinajstić information content (AvgIpc) is 3.34. The first-order valence-electron chi connectivity index (χ1n) is 10.5.